The lowest BCUT2D eigenvalue weighted by atomic mass is 9.85. The van der Waals surface area contributed by atoms with Gasteiger partial charge in [0.25, 0.3) is 0 Å². The molecule has 43 heavy (non-hydrogen) atoms. The fourth-order valence-electron chi connectivity index (χ4n) is 6.75. The molecule has 4 fully saturated rings. The first-order valence-corrected chi connectivity index (χ1v) is 14.3. The van der Waals surface area contributed by atoms with Crippen molar-refractivity contribution in [1.29, 1.82) is 5.41 Å². The number of hydrogen-bond donors (Lipinski definition) is 7. The third kappa shape index (κ3) is 4.83. The number of benzene rings is 2. The SMILES string of the molecule is C=C1N[C@H]2[C@H](CN3C(=O)CCC3=O)NC(=N)N3C[C@H](OC(=O)NCCC(c4ccccc4)c4ccccc4)C(O)(O)[C@]23N1. The van der Waals surface area contributed by atoms with Crippen molar-refractivity contribution >= 4 is 23.9 Å². The van der Waals surface area contributed by atoms with Gasteiger partial charge < -0.3 is 41.1 Å². The molecule has 4 aliphatic heterocycles. The predicted molar refractivity (Wildman–Crippen MR) is 154 cm³/mol. The van der Waals surface area contributed by atoms with E-state index in [1.807, 2.05) is 60.7 Å². The molecule has 1 spiro atoms. The van der Waals surface area contributed by atoms with Gasteiger partial charge in [-0.15, -0.1) is 0 Å². The van der Waals surface area contributed by atoms with Crippen LogP contribution >= 0.6 is 0 Å². The topological polar surface area (TPSA) is 179 Å². The molecule has 0 bridgehead atoms. The van der Waals surface area contributed by atoms with Crippen molar-refractivity contribution in [3.8, 4) is 0 Å². The summed E-state index contributed by atoms with van der Waals surface area (Å²) in [6.07, 6.45) is -1.50. The highest BCUT2D eigenvalue weighted by Crippen LogP contribution is 2.45. The average molecular weight is 590 g/mol. The first-order chi connectivity index (χ1) is 20.6. The van der Waals surface area contributed by atoms with E-state index in [0.29, 0.717) is 6.42 Å². The van der Waals surface area contributed by atoms with E-state index >= 15 is 0 Å². The zero-order valence-corrected chi connectivity index (χ0v) is 23.5. The predicted octanol–water partition coefficient (Wildman–Crippen LogP) is 0.0844. The molecule has 0 aliphatic carbocycles. The van der Waals surface area contributed by atoms with Crippen molar-refractivity contribution in [3.05, 3.63) is 84.2 Å². The Balaban J connectivity index is 1.15. The molecule has 0 aromatic heterocycles. The first kappa shape index (κ1) is 28.5. The summed E-state index contributed by atoms with van der Waals surface area (Å²) >= 11 is 0. The van der Waals surface area contributed by atoms with E-state index in [1.54, 1.807) is 0 Å². The van der Waals surface area contributed by atoms with Crippen molar-refractivity contribution in [2.45, 2.75) is 54.8 Å². The number of carbonyl (C=O) groups is 3. The Hall–Kier alpha value is -4.62. The molecule has 0 unspecified atom stereocenters. The highest BCUT2D eigenvalue weighted by Gasteiger charge is 2.75. The molecule has 7 N–H and O–H groups in total. The lowest BCUT2D eigenvalue weighted by molar-refractivity contribution is -0.258. The van der Waals surface area contributed by atoms with Gasteiger partial charge in [-0.25, -0.2) is 4.79 Å². The van der Waals surface area contributed by atoms with Gasteiger partial charge in [0.2, 0.25) is 17.6 Å². The van der Waals surface area contributed by atoms with Crippen molar-refractivity contribution in [3.63, 3.8) is 0 Å². The molecule has 2 aromatic rings. The van der Waals surface area contributed by atoms with E-state index in [1.165, 1.54) is 4.90 Å². The maximum atomic E-state index is 13.0. The highest BCUT2D eigenvalue weighted by atomic mass is 16.6. The van der Waals surface area contributed by atoms with Gasteiger partial charge in [0.1, 0.15) is 0 Å². The minimum atomic E-state index is -2.69. The number of aliphatic hydroxyl groups is 2. The molecule has 4 saturated heterocycles. The van der Waals surface area contributed by atoms with E-state index in [0.717, 1.165) is 16.0 Å². The normalized spacial score (nSPS) is 27.4. The number of nitrogens with zero attached hydrogens (tertiary/aromatic N) is 2. The summed E-state index contributed by atoms with van der Waals surface area (Å²) < 4.78 is 5.57. The molecule has 4 heterocycles. The maximum absolute atomic E-state index is 13.0. The van der Waals surface area contributed by atoms with Gasteiger partial charge in [0.05, 0.1) is 31.0 Å². The maximum Gasteiger partial charge on any atom is 0.407 e. The van der Waals surface area contributed by atoms with E-state index in [-0.39, 0.29) is 62.0 Å². The van der Waals surface area contributed by atoms with Crippen LogP contribution < -0.4 is 21.3 Å². The number of likely N-dealkylation sites (tertiary alicyclic amines) is 1. The number of rotatable bonds is 8. The van der Waals surface area contributed by atoms with Gasteiger partial charge in [-0.3, -0.25) is 19.9 Å². The second kappa shape index (κ2) is 10.9. The van der Waals surface area contributed by atoms with Gasteiger partial charge in [0.15, 0.2) is 17.7 Å². The fraction of sp³-hybridized carbons (Fsp3) is 0.400. The second-order valence-corrected chi connectivity index (χ2v) is 11.3. The molecule has 0 radical (unpaired) electrons. The van der Waals surface area contributed by atoms with Crippen LogP contribution in [0.25, 0.3) is 0 Å². The summed E-state index contributed by atoms with van der Waals surface area (Å²) in [4.78, 5) is 40.1. The molecule has 13 heteroatoms. The standard InChI is InChI=1S/C30H35N7O6/c1-18-33-26-22(16-36-24(38)12-13-25(36)39)34-27(31)37-17-23(30(41,42)29(26,37)35-18)43-28(40)32-15-14-21(19-8-4-2-5-9-19)20-10-6-3-7-11-20/h2-11,21-23,26,33,35,41-42H,1,12-17H2,(H2,31,34)(H,32,40)/t22-,23-,26-,29-/m0/s1. The number of alkyl carbamates (subject to hydrolysis) is 1. The summed E-state index contributed by atoms with van der Waals surface area (Å²) in [5.74, 6) is -3.26. The Morgan fingerprint density at radius 1 is 1.05 bits per heavy atom. The van der Waals surface area contributed by atoms with Crippen LogP contribution in [0.2, 0.25) is 0 Å². The zero-order chi connectivity index (χ0) is 30.4. The van der Waals surface area contributed by atoms with Gasteiger partial charge >= 0.3 is 6.09 Å². The summed E-state index contributed by atoms with van der Waals surface area (Å²) in [6.45, 7) is 3.83. The van der Waals surface area contributed by atoms with E-state index in [4.69, 9.17) is 10.1 Å². The Labute approximate surface area is 248 Å². The summed E-state index contributed by atoms with van der Waals surface area (Å²) in [7, 11) is 0. The second-order valence-electron chi connectivity index (χ2n) is 11.3. The first-order valence-electron chi connectivity index (χ1n) is 14.3. The van der Waals surface area contributed by atoms with Gasteiger partial charge in [-0.2, -0.15) is 0 Å². The molecular weight excluding hydrogens is 554 g/mol. The average Bonchev–Trinajstić information content (AvgIpc) is 3.59. The summed E-state index contributed by atoms with van der Waals surface area (Å²) in [6, 6.07) is 18.3. The van der Waals surface area contributed by atoms with Crippen molar-refractivity contribution in [2.24, 2.45) is 0 Å². The van der Waals surface area contributed by atoms with E-state index < -0.39 is 35.7 Å². The third-order valence-corrected chi connectivity index (χ3v) is 8.79. The third-order valence-electron chi connectivity index (χ3n) is 8.79. The monoisotopic (exact) mass is 589 g/mol. The molecule has 4 aliphatic rings. The molecule has 0 saturated carbocycles. The number of ether oxygens (including phenoxy) is 1. The molecule has 3 amide bonds. The Morgan fingerprint density at radius 3 is 2.26 bits per heavy atom. The molecule has 226 valence electrons. The molecule has 6 rings (SSSR count). The van der Waals surface area contributed by atoms with Crippen molar-refractivity contribution in [2.75, 3.05) is 19.6 Å². The number of hydrogen-bond acceptors (Lipinski definition) is 9. The smallest absolute Gasteiger partial charge is 0.407 e. The summed E-state index contributed by atoms with van der Waals surface area (Å²) in [5, 5.41) is 43.6. The fourth-order valence-corrected chi connectivity index (χ4v) is 6.75. The Bertz CT molecular complexity index is 1380. The zero-order valence-electron chi connectivity index (χ0n) is 23.5. The molecule has 13 nitrogen and oxygen atoms in total. The number of guanidine groups is 1. The van der Waals surface area contributed by atoms with Crippen molar-refractivity contribution < 1.29 is 29.3 Å². The minimum absolute atomic E-state index is 0.0233. The number of amides is 3. The van der Waals surface area contributed by atoms with E-state index in [2.05, 4.69) is 27.8 Å². The number of imide groups is 1. The van der Waals surface area contributed by atoms with Crippen LogP contribution in [0.4, 0.5) is 4.79 Å². The van der Waals surface area contributed by atoms with Crippen molar-refractivity contribution in [1.82, 2.24) is 31.1 Å². The van der Waals surface area contributed by atoms with Crippen LogP contribution in [-0.4, -0.2) is 93.2 Å². The van der Waals surface area contributed by atoms with Gasteiger partial charge in [-0.05, 0) is 17.5 Å². The van der Waals surface area contributed by atoms with E-state index in [9.17, 15) is 24.6 Å². The minimum Gasteiger partial charge on any atom is -0.438 e. The number of nitrogens with one attached hydrogen (secondary N) is 5. The van der Waals surface area contributed by atoms with Crippen LogP contribution in [0.1, 0.15) is 36.3 Å². The van der Waals surface area contributed by atoms with Crippen LogP contribution in [0.15, 0.2) is 73.1 Å². The lowest BCUT2D eigenvalue weighted by Crippen LogP contribution is -2.81. The summed E-state index contributed by atoms with van der Waals surface area (Å²) in [5.41, 5.74) is 0.438. The lowest BCUT2D eigenvalue weighted by Gasteiger charge is -2.51. The Kier molecular flexibility index (Phi) is 7.22. The van der Waals surface area contributed by atoms with Gasteiger partial charge in [0, 0.05) is 25.3 Å². The van der Waals surface area contributed by atoms with Gasteiger partial charge in [-0.1, -0.05) is 67.2 Å². The van der Waals surface area contributed by atoms with Crippen LogP contribution in [-0.2, 0) is 14.3 Å². The largest absolute Gasteiger partial charge is 0.438 e. The van der Waals surface area contributed by atoms with Crippen LogP contribution in [0.5, 0.6) is 0 Å². The van der Waals surface area contributed by atoms with Crippen LogP contribution in [0, 0.1) is 5.41 Å². The molecule has 4 atom stereocenters. The highest BCUT2D eigenvalue weighted by molar-refractivity contribution is 6.02. The quantitative estimate of drug-likeness (QED) is 0.165. The number of carbonyl (C=O) groups excluding carboxylic acids is 3. The molecule has 2 aromatic carbocycles. The van der Waals surface area contributed by atoms with Crippen LogP contribution in [0.3, 0.4) is 0 Å². The Morgan fingerprint density at radius 2 is 1.65 bits per heavy atom. The molecular formula is C30H35N7O6.